The molecule has 1 aliphatic rings. The lowest BCUT2D eigenvalue weighted by molar-refractivity contribution is -0.144. The zero-order valence-corrected chi connectivity index (χ0v) is 17.8. The summed E-state index contributed by atoms with van der Waals surface area (Å²) in [5.41, 5.74) is 2.75. The summed E-state index contributed by atoms with van der Waals surface area (Å²) in [4.78, 5) is 39.1. The lowest BCUT2D eigenvalue weighted by Gasteiger charge is -2.36. The Morgan fingerprint density at radius 1 is 1.10 bits per heavy atom. The highest BCUT2D eigenvalue weighted by Crippen LogP contribution is 2.25. The number of amides is 2. The SMILES string of the molecule is CC[C@@H](C)[C@@H](NC(=O)[C@@H]1Cc2ccccc2CN1C(=O)OCc1ccccc1)C(=O)O. The van der Waals surface area contributed by atoms with Crippen molar-refractivity contribution in [3.05, 3.63) is 71.3 Å². The van der Waals surface area contributed by atoms with E-state index < -0.39 is 30.1 Å². The molecule has 0 bridgehead atoms. The van der Waals surface area contributed by atoms with Crippen molar-refractivity contribution < 1.29 is 24.2 Å². The van der Waals surface area contributed by atoms with Crippen molar-refractivity contribution in [2.45, 2.75) is 51.9 Å². The van der Waals surface area contributed by atoms with E-state index in [9.17, 15) is 19.5 Å². The van der Waals surface area contributed by atoms with Gasteiger partial charge in [-0.3, -0.25) is 9.69 Å². The lowest BCUT2D eigenvalue weighted by atomic mass is 9.93. The standard InChI is InChI=1S/C24H28N2O5/c1-3-16(2)21(23(28)29)25-22(27)20-13-18-11-7-8-12-19(18)14-26(20)24(30)31-15-17-9-5-4-6-10-17/h4-12,16,20-21H,3,13-15H2,1-2H3,(H,25,27)(H,28,29)/t16-,20+,21-/m1/s1. The van der Waals surface area contributed by atoms with Crippen LogP contribution in [0.25, 0.3) is 0 Å². The number of ether oxygens (including phenoxy) is 1. The van der Waals surface area contributed by atoms with E-state index in [2.05, 4.69) is 5.32 Å². The van der Waals surface area contributed by atoms with Gasteiger partial charge < -0.3 is 15.2 Å². The molecule has 1 heterocycles. The maximum atomic E-state index is 13.1. The highest BCUT2D eigenvalue weighted by atomic mass is 16.6. The van der Waals surface area contributed by atoms with Crippen LogP contribution in [0, 0.1) is 5.92 Å². The number of nitrogens with one attached hydrogen (secondary N) is 1. The predicted molar refractivity (Wildman–Crippen MR) is 115 cm³/mol. The first-order valence-electron chi connectivity index (χ1n) is 10.5. The second-order valence-electron chi connectivity index (χ2n) is 7.87. The highest BCUT2D eigenvalue weighted by molar-refractivity contribution is 5.90. The van der Waals surface area contributed by atoms with Gasteiger partial charge in [0.25, 0.3) is 0 Å². The molecule has 2 N–H and O–H groups in total. The first-order valence-corrected chi connectivity index (χ1v) is 10.5. The largest absolute Gasteiger partial charge is 0.480 e. The van der Waals surface area contributed by atoms with Crippen molar-refractivity contribution in [1.29, 1.82) is 0 Å². The van der Waals surface area contributed by atoms with Gasteiger partial charge in [0, 0.05) is 6.42 Å². The fourth-order valence-corrected chi connectivity index (χ4v) is 3.68. The Kier molecular flexibility index (Phi) is 7.28. The van der Waals surface area contributed by atoms with Gasteiger partial charge >= 0.3 is 12.1 Å². The van der Waals surface area contributed by atoms with Crippen LogP contribution in [0.3, 0.4) is 0 Å². The van der Waals surface area contributed by atoms with Gasteiger partial charge in [-0.25, -0.2) is 9.59 Å². The second-order valence-corrected chi connectivity index (χ2v) is 7.87. The summed E-state index contributed by atoms with van der Waals surface area (Å²) in [6.45, 7) is 3.97. The summed E-state index contributed by atoms with van der Waals surface area (Å²) in [6, 6.07) is 15.1. The van der Waals surface area contributed by atoms with Crippen LogP contribution in [0.4, 0.5) is 4.79 Å². The van der Waals surface area contributed by atoms with Gasteiger partial charge in [-0.05, 0) is 22.6 Å². The number of hydrogen-bond donors (Lipinski definition) is 2. The zero-order valence-electron chi connectivity index (χ0n) is 17.8. The van der Waals surface area contributed by atoms with E-state index >= 15 is 0 Å². The molecule has 164 valence electrons. The molecule has 1 aliphatic heterocycles. The number of hydrogen-bond acceptors (Lipinski definition) is 4. The number of aliphatic carboxylic acids is 1. The molecule has 2 amide bonds. The minimum Gasteiger partial charge on any atom is -0.480 e. The smallest absolute Gasteiger partial charge is 0.411 e. The van der Waals surface area contributed by atoms with Crippen LogP contribution in [-0.4, -0.2) is 40.1 Å². The predicted octanol–water partition coefficient (Wildman–Crippen LogP) is 3.37. The number of nitrogens with zero attached hydrogens (tertiary/aromatic N) is 1. The molecule has 0 spiro atoms. The van der Waals surface area contributed by atoms with Crippen LogP contribution in [-0.2, 0) is 33.9 Å². The number of fused-ring (bicyclic) bond motifs is 1. The molecule has 3 atom stereocenters. The summed E-state index contributed by atoms with van der Waals surface area (Å²) >= 11 is 0. The molecule has 0 fully saturated rings. The number of carboxylic acid groups (broad SMARTS) is 1. The fraction of sp³-hybridized carbons (Fsp3) is 0.375. The van der Waals surface area contributed by atoms with Gasteiger partial charge in [0.15, 0.2) is 0 Å². The summed E-state index contributed by atoms with van der Waals surface area (Å²) < 4.78 is 5.47. The molecular formula is C24H28N2O5. The number of carboxylic acids is 1. The zero-order chi connectivity index (χ0) is 22.4. The van der Waals surface area contributed by atoms with Crippen LogP contribution in [0.2, 0.25) is 0 Å². The minimum absolute atomic E-state index is 0.0940. The van der Waals surface area contributed by atoms with Crippen molar-refractivity contribution in [1.82, 2.24) is 10.2 Å². The molecule has 2 aromatic rings. The van der Waals surface area contributed by atoms with Gasteiger partial charge in [-0.1, -0.05) is 74.9 Å². The highest BCUT2D eigenvalue weighted by Gasteiger charge is 2.37. The average molecular weight is 424 g/mol. The van der Waals surface area contributed by atoms with Crippen molar-refractivity contribution >= 4 is 18.0 Å². The topological polar surface area (TPSA) is 95.9 Å². The molecular weight excluding hydrogens is 396 g/mol. The number of carbonyl (C=O) groups is 3. The first kappa shape index (κ1) is 22.3. The summed E-state index contributed by atoms with van der Waals surface area (Å²) in [5, 5.41) is 12.2. The Morgan fingerprint density at radius 2 is 1.74 bits per heavy atom. The van der Waals surface area contributed by atoms with Gasteiger partial charge in [-0.15, -0.1) is 0 Å². The molecule has 0 unspecified atom stereocenters. The number of benzene rings is 2. The molecule has 31 heavy (non-hydrogen) atoms. The Balaban J connectivity index is 1.79. The van der Waals surface area contributed by atoms with Crippen LogP contribution >= 0.6 is 0 Å². The van der Waals surface area contributed by atoms with E-state index in [4.69, 9.17) is 4.74 Å². The molecule has 0 radical (unpaired) electrons. The normalized spacial score (nSPS) is 17.2. The summed E-state index contributed by atoms with van der Waals surface area (Å²) in [5.74, 6) is -1.81. The molecule has 3 rings (SSSR count). The fourth-order valence-electron chi connectivity index (χ4n) is 3.68. The Labute approximate surface area is 182 Å². The molecule has 0 saturated heterocycles. The van der Waals surface area contributed by atoms with Gasteiger partial charge in [0.2, 0.25) is 5.91 Å². The monoisotopic (exact) mass is 424 g/mol. The molecule has 7 heteroatoms. The van der Waals surface area contributed by atoms with Crippen molar-refractivity contribution in [3.8, 4) is 0 Å². The van der Waals surface area contributed by atoms with E-state index in [-0.39, 0.29) is 19.1 Å². The first-order chi connectivity index (χ1) is 14.9. The third-order valence-corrected chi connectivity index (χ3v) is 5.77. The lowest BCUT2D eigenvalue weighted by Crippen LogP contribution is -2.56. The molecule has 0 saturated carbocycles. The maximum Gasteiger partial charge on any atom is 0.411 e. The third kappa shape index (κ3) is 5.42. The molecule has 7 nitrogen and oxygen atoms in total. The van der Waals surface area contributed by atoms with Crippen LogP contribution in [0.15, 0.2) is 54.6 Å². The minimum atomic E-state index is -1.09. The maximum absolute atomic E-state index is 13.1. The molecule has 0 aromatic heterocycles. The van der Waals surface area contributed by atoms with E-state index in [0.717, 1.165) is 16.7 Å². The third-order valence-electron chi connectivity index (χ3n) is 5.77. The van der Waals surface area contributed by atoms with Gasteiger partial charge in [0.1, 0.15) is 18.7 Å². The van der Waals surface area contributed by atoms with Gasteiger partial charge in [-0.2, -0.15) is 0 Å². The number of carbonyl (C=O) groups excluding carboxylic acids is 2. The van der Waals surface area contributed by atoms with Crippen LogP contribution in [0.5, 0.6) is 0 Å². The van der Waals surface area contributed by atoms with Crippen molar-refractivity contribution in [2.24, 2.45) is 5.92 Å². The summed E-state index contributed by atoms with van der Waals surface area (Å²) in [7, 11) is 0. The second kappa shape index (κ2) is 10.1. The molecule has 0 aliphatic carbocycles. The Hall–Kier alpha value is -3.35. The Morgan fingerprint density at radius 3 is 2.39 bits per heavy atom. The van der Waals surface area contributed by atoms with Crippen molar-refractivity contribution in [2.75, 3.05) is 0 Å². The average Bonchev–Trinajstić information content (AvgIpc) is 2.79. The Bertz CT molecular complexity index is 931. The number of rotatable bonds is 7. The van der Waals surface area contributed by atoms with E-state index in [1.807, 2.05) is 61.5 Å². The van der Waals surface area contributed by atoms with E-state index in [0.29, 0.717) is 12.8 Å². The van der Waals surface area contributed by atoms with Crippen LogP contribution in [0.1, 0.15) is 37.0 Å². The quantitative estimate of drug-likeness (QED) is 0.711. The van der Waals surface area contributed by atoms with Gasteiger partial charge in [0.05, 0.1) is 6.54 Å². The van der Waals surface area contributed by atoms with Crippen LogP contribution < -0.4 is 5.32 Å². The van der Waals surface area contributed by atoms with E-state index in [1.54, 1.807) is 6.92 Å². The summed E-state index contributed by atoms with van der Waals surface area (Å²) in [6.07, 6.45) is 0.303. The van der Waals surface area contributed by atoms with E-state index in [1.165, 1.54) is 4.90 Å². The molecule has 2 aromatic carbocycles. The van der Waals surface area contributed by atoms with Crippen molar-refractivity contribution in [3.63, 3.8) is 0 Å².